The Morgan fingerprint density at radius 2 is 2.00 bits per heavy atom. The lowest BCUT2D eigenvalue weighted by Gasteiger charge is -2.30. The molecule has 0 radical (unpaired) electrons. The van der Waals surface area contributed by atoms with Crippen molar-refractivity contribution in [2.24, 2.45) is 10.4 Å². The summed E-state index contributed by atoms with van der Waals surface area (Å²) in [6.07, 6.45) is 6.12. The summed E-state index contributed by atoms with van der Waals surface area (Å²) >= 11 is 0. The lowest BCUT2D eigenvalue weighted by atomic mass is 9.83. The molecule has 3 N–H and O–H groups in total. The molecule has 0 heterocycles. The number of guanidine groups is 1. The molecule has 1 aliphatic carbocycles. The smallest absolute Gasteiger partial charge is 0.191 e. The van der Waals surface area contributed by atoms with Crippen LogP contribution >= 0.6 is 0 Å². The largest absolute Gasteiger partial charge is 0.504 e. The summed E-state index contributed by atoms with van der Waals surface area (Å²) < 4.78 is 10.5. The average Bonchev–Trinajstić information content (AvgIpc) is 3.12. The molecule has 0 unspecified atom stereocenters. The van der Waals surface area contributed by atoms with Crippen molar-refractivity contribution in [3.63, 3.8) is 0 Å². The second-order valence-corrected chi connectivity index (χ2v) is 6.97. The Kier molecular flexibility index (Phi) is 8.04. The molecule has 1 aromatic carbocycles. The van der Waals surface area contributed by atoms with Crippen molar-refractivity contribution in [3.8, 4) is 11.5 Å². The fourth-order valence-corrected chi connectivity index (χ4v) is 3.60. The molecule has 2 rings (SSSR count). The number of phenols is 1. The van der Waals surface area contributed by atoms with Gasteiger partial charge < -0.3 is 25.2 Å². The van der Waals surface area contributed by atoms with E-state index < -0.39 is 0 Å². The number of methoxy groups -OCH3 is 2. The van der Waals surface area contributed by atoms with Gasteiger partial charge in [0, 0.05) is 32.4 Å². The molecule has 0 atom stereocenters. The quantitative estimate of drug-likeness (QED) is 0.464. The maximum atomic E-state index is 10.2. The zero-order valence-corrected chi connectivity index (χ0v) is 16.3. The molecule has 0 spiro atoms. The topological polar surface area (TPSA) is 75.1 Å². The Hall–Kier alpha value is -1.95. The second-order valence-electron chi connectivity index (χ2n) is 6.97. The number of hydrogen-bond donors (Lipinski definition) is 3. The lowest BCUT2D eigenvalue weighted by molar-refractivity contribution is 0.138. The molecule has 6 heteroatoms. The molecule has 1 saturated carbocycles. The van der Waals surface area contributed by atoms with Gasteiger partial charge in [-0.05, 0) is 37.7 Å². The molecule has 1 fully saturated rings. The van der Waals surface area contributed by atoms with Gasteiger partial charge in [-0.15, -0.1) is 0 Å². The molecule has 26 heavy (non-hydrogen) atoms. The van der Waals surface area contributed by atoms with Gasteiger partial charge in [-0.2, -0.15) is 0 Å². The predicted octanol–water partition coefficient (Wildman–Crippen LogP) is 3.05. The normalized spacial score (nSPS) is 16.5. The fourth-order valence-electron chi connectivity index (χ4n) is 3.60. The molecule has 1 aliphatic rings. The highest BCUT2D eigenvalue weighted by molar-refractivity contribution is 5.79. The maximum Gasteiger partial charge on any atom is 0.191 e. The van der Waals surface area contributed by atoms with Crippen molar-refractivity contribution in [2.75, 3.05) is 33.9 Å². The number of hydrogen-bond acceptors (Lipinski definition) is 4. The number of aromatic hydroxyl groups is 1. The Labute approximate surface area is 157 Å². The second kappa shape index (κ2) is 10.3. The number of phenolic OH excluding ortho intramolecular Hbond substituents is 1. The maximum absolute atomic E-state index is 10.2. The number of ether oxygens (including phenoxy) is 2. The Balaban J connectivity index is 2.02. The van der Waals surface area contributed by atoms with Gasteiger partial charge in [0.2, 0.25) is 0 Å². The first-order chi connectivity index (χ1) is 12.6. The van der Waals surface area contributed by atoms with Gasteiger partial charge in [-0.1, -0.05) is 25.0 Å². The van der Waals surface area contributed by atoms with E-state index in [9.17, 15) is 5.11 Å². The first-order valence-corrected chi connectivity index (χ1v) is 9.50. The van der Waals surface area contributed by atoms with E-state index in [4.69, 9.17) is 9.47 Å². The molecule has 1 aromatic rings. The summed E-state index contributed by atoms with van der Waals surface area (Å²) in [4.78, 5) is 4.64. The van der Waals surface area contributed by atoms with Gasteiger partial charge in [0.25, 0.3) is 0 Å². The summed E-state index contributed by atoms with van der Waals surface area (Å²) in [5.74, 6) is 1.40. The third kappa shape index (κ3) is 5.53. The van der Waals surface area contributed by atoms with E-state index in [1.807, 2.05) is 12.1 Å². The van der Waals surface area contributed by atoms with Gasteiger partial charge in [0.05, 0.1) is 13.7 Å². The van der Waals surface area contributed by atoms with Crippen LogP contribution < -0.4 is 15.4 Å². The Morgan fingerprint density at radius 3 is 2.65 bits per heavy atom. The summed E-state index contributed by atoms with van der Waals surface area (Å²) in [6, 6.07) is 5.47. The van der Waals surface area contributed by atoms with Gasteiger partial charge in [-0.25, -0.2) is 4.99 Å². The van der Waals surface area contributed by atoms with Crippen molar-refractivity contribution in [1.29, 1.82) is 0 Å². The summed E-state index contributed by atoms with van der Waals surface area (Å²) in [5, 5.41) is 17.0. The van der Waals surface area contributed by atoms with Crippen molar-refractivity contribution in [2.45, 2.75) is 45.6 Å². The minimum absolute atomic E-state index is 0.155. The number of nitrogens with one attached hydrogen (secondary N) is 2. The first-order valence-electron chi connectivity index (χ1n) is 9.50. The first kappa shape index (κ1) is 20.4. The Bertz CT molecular complexity index is 584. The minimum Gasteiger partial charge on any atom is -0.504 e. The molecule has 0 aromatic heterocycles. The highest BCUT2D eigenvalue weighted by atomic mass is 16.5. The van der Waals surface area contributed by atoms with E-state index in [0.29, 0.717) is 17.7 Å². The predicted molar refractivity (Wildman–Crippen MR) is 105 cm³/mol. The van der Waals surface area contributed by atoms with E-state index in [0.717, 1.165) is 37.6 Å². The van der Waals surface area contributed by atoms with Crippen LogP contribution in [-0.2, 0) is 11.3 Å². The van der Waals surface area contributed by atoms with Gasteiger partial charge >= 0.3 is 0 Å². The summed E-state index contributed by atoms with van der Waals surface area (Å²) in [5.41, 5.74) is 1.04. The van der Waals surface area contributed by atoms with Crippen LogP contribution in [0.15, 0.2) is 23.2 Å². The average molecular weight is 364 g/mol. The number of para-hydroxylation sites is 1. The van der Waals surface area contributed by atoms with Crippen molar-refractivity contribution >= 4 is 5.96 Å². The van der Waals surface area contributed by atoms with E-state index in [2.05, 4.69) is 22.5 Å². The molecule has 146 valence electrons. The lowest BCUT2D eigenvalue weighted by Crippen LogP contribution is -2.43. The van der Waals surface area contributed by atoms with Crippen molar-refractivity contribution < 1.29 is 14.6 Å². The number of aliphatic imine (C=N–C) groups is 1. The van der Waals surface area contributed by atoms with E-state index in [-0.39, 0.29) is 5.75 Å². The van der Waals surface area contributed by atoms with Crippen LogP contribution in [0.1, 0.15) is 44.6 Å². The van der Waals surface area contributed by atoms with E-state index >= 15 is 0 Å². The molecular formula is C20H33N3O3. The fraction of sp³-hybridized carbons (Fsp3) is 0.650. The highest BCUT2D eigenvalue weighted by Crippen LogP contribution is 2.40. The van der Waals surface area contributed by atoms with Gasteiger partial charge in [0.15, 0.2) is 17.5 Å². The number of nitrogens with zero attached hydrogens (tertiary/aromatic N) is 1. The molecule has 6 nitrogen and oxygen atoms in total. The third-order valence-corrected chi connectivity index (χ3v) is 5.19. The monoisotopic (exact) mass is 363 g/mol. The summed E-state index contributed by atoms with van der Waals surface area (Å²) in [7, 11) is 3.32. The molecule has 0 bridgehead atoms. The van der Waals surface area contributed by atoms with Crippen LogP contribution in [0.2, 0.25) is 0 Å². The summed E-state index contributed by atoms with van der Waals surface area (Å²) in [6.45, 7) is 4.93. The third-order valence-electron chi connectivity index (χ3n) is 5.19. The molecular weight excluding hydrogens is 330 g/mol. The zero-order chi connectivity index (χ0) is 18.8. The van der Waals surface area contributed by atoms with Crippen molar-refractivity contribution in [3.05, 3.63) is 23.8 Å². The Morgan fingerprint density at radius 1 is 1.23 bits per heavy atom. The van der Waals surface area contributed by atoms with E-state index in [1.54, 1.807) is 20.3 Å². The van der Waals surface area contributed by atoms with Crippen LogP contribution in [0.25, 0.3) is 0 Å². The van der Waals surface area contributed by atoms with Crippen LogP contribution in [0.3, 0.4) is 0 Å². The standard InChI is InChI=1S/C20H33N3O3/c1-4-21-19(22-14-16-8-7-9-17(26-3)18(16)24)23-15-20(12-13-25-2)10-5-6-11-20/h7-9,24H,4-6,10-15H2,1-3H3,(H2,21,22,23). The van der Waals surface area contributed by atoms with E-state index in [1.165, 1.54) is 25.7 Å². The highest BCUT2D eigenvalue weighted by Gasteiger charge is 2.33. The van der Waals surface area contributed by atoms with Crippen LogP contribution in [-0.4, -0.2) is 45.0 Å². The molecule has 0 amide bonds. The van der Waals surface area contributed by atoms with Crippen LogP contribution in [0, 0.1) is 5.41 Å². The van der Waals surface area contributed by atoms with Crippen LogP contribution in [0.5, 0.6) is 11.5 Å². The molecule has 0 saturated heterocycles. The molecule has 0 aliphatic heterocycles. The zero-order valence-electron chi connectivity index (χ0n) is 16.3. The SMILES string of the molecule is CCNC(=NCc1cccc(OC)c1O)NCC1(CCOC)CCCC1. The van der Waals surface area contributed by atoms with Gasteiger partial charge in [-0.3, -0.25) is 0 Å². The number of rotatable bonds is 9. The van der Waals surface area contributed by atoms with Gasteiger partial charge in [0.1, 0.15) is 0 Å². The van der Waals surface area contributed by atoms with Crippen LogP contribution in [0.4, 0.5) is 0 Å². The minimum atomic E-state index is 0.155. The van der Waals surface area contributed by atoms with Crippen molar-refractivity contribution in [1.82, 2.24) is 10.6 Å². The number of benzene rings is 1.